The third-order valence-electron chi connectivity index (χ3n) is 1.06. The Labute approximate surface area is 54.0 Å². The molecule has 0 radical (unpaired) electrons. The van der Waals surface area contributed by atoms with E-state index in [0.717, 1.165) is 0 Å². The largest absolute Gasteiger partial charge is 0.411 e. The standard InChI is InChI=1S/C4H6F5N/c1-3(10,2(5)6)4(7,8)9/h2H,10H2,1H3. The first kappa shape index (κ1) is 9.61. The summed E-state index contributed by atoms with van der Waals surface area (Å²) in [6.45, 7) is 0.248. The fourth-order valence-corrected chi connectivity index (χ4v) is 0.124. The van der Waals surface area contributed by atoms with E-state index in [2.05, 4.69) is 5.73 Å². The minimum atomic E-state index is -5.05. The smallest absolute Gasteiger partial charge is 0.313 e. The van der Waals surface area contributed by atoms with E-state index in [1.807, 2.05) is 0 Å². The molecule has 0 aromatic carbocycles. The molecule has 0 rings (SSSR count). The molecule has 1 nitrogen and oxygen atoms in total. The van der Waals surface area contributed by atoms with Crippen molar-refractivity contribution >= 4 is 0 Å². The molecule has 0 aromatic rings. The van der Waals surface area contributed by atoms with Crippen LogP contribution in [0.25, 0.3) is 0 Å². The third kappa shape index (κ3) is 1.56. The van der Waals surface area contributed by atoms with Crippen molar-refractivity contribution in [2.75, 3.05) is 0 Å². The van der Waals surface area contributed by atoms with E-state index in [9.17, 15) is 22.0 Å². The molecule has 0 aliphatic heterocycles. The molecule has 1 unspecified atom stereocenters. The Hall–Kier alpha value is -0.390. The maximum absolute atomic E-state index is 11.5. The Morgan fingerprint density at radius 2 is 1.50 bits per heavy atom. The van der Waals surface area contributed by atoms with Gasteiger partial charge in [0.1, 0.15) is 0 Å². The van der Waals surface area contributed by atoms with Gasteiger partial charge in [0.2, 0.25) is 0 Å². The first-order valence-electron chi connectivity index (χ1n) is 2.33. The van der Waals surface area contributed by atoms with E-state index in [4.69, 9.17) is 0 Å². The summed E-state index contributed by atoms with van der Waals surface area (Å²) in [7, 11) is 0. The van der Waals surface area contributed by atoms with Gasteiger partial charge >= 0.3 is 6.18 Å². The van der Waals surface area contributed by atoms with Crippen molar-refractivity contribution in [3.05, 3.63) is 0 Å². The molecule has 0 aliphatic carbocycles. The number of halogens is 5. The molecule has 0 bridgehead atoms. The maximum Gasteiger partial charge on any atom is 0.411 e. The molecule has 0 heterocycles. The summed E-state index contributed by atoms with van der Waals surface area (Å²) in [5.41, 5.74) is 0.866. The lowest BCUT2D eigenvalue weighted by Gasteiger charge is -2.25. The number of hydrogen-bond acceptors (Lipinski definition) is 1. The van der Waals surface area contributed by atoms with Crippen LogP contribution in [-0.4, -0.2) is 18.1 Å². The van der Waals surface area contributed by atoms with Gasteiger partial charge in [-0.25, -0.2) is 8.78 Å². The highest BCUT2D eigenvalue weighted by atomic mass is 19.4. The number of alkyl halides is 5. The molecule has 0 fully saturated rings. The van der Waals surface area contributed by atoms with Crippen molar-refractivity contribution in [3.63, 3.8) is 0 Å². The van der Waals surface area contributed by atoms with E-state index >= 15 is 0 Å². The Balaban J connectivity index is 4.40. The maximum atomic E-state index is 11.5. The van der Waals surface area contributed by atoms with Crippen LogP contribution in [0.15, 0.2) is 0 Å². The van der Waals surface area contributed by atoms with Crippen LogP contribution in [0.5, 0.6) is 0 Å². The molecule has 2 N–H and O–H groups in total. The van der Waals surface area contributed by atoms with Gasteiger partial charge in [0.05, 0.1) is 0 Å². The topological polar surface area (TPSA) is 26.0 Å². The Morgan fingerprint density at radius 1 is 1.20 bits per heavy atom. The van der Waals surface area contributed by atoms with E-state index < -0.39 is 18.1 Å². The Kier molecular flexibility index (Phi) is 2.24. The van der Waals surface area contributed by atoms with Gasteiger partial charge in [-0.05, 0) is 6.92 Å². The van der Waals surface area contributed by atoms with E-state index in [1.165, 1.54) is 0 Å². The summed E-state index contributed by atoms with van der Waals surface area (Å²) >= 11 is 0. The van der Waals surface area contributed by atoms with E-state index in [1.54, 1.807) is 0 Å². The minimum Gasteiger partial charge on any atom is -0.313 e. The summed E-state index contributed by atoms with van der Waals surface area (Å²) < 4.78 is 57.4. The molecule has 1 atom stereocenters. The second-order valence-electron chi connectivity index (χ2n) is 2.08. The van der Waals surface area contributed by atoms with E-state index in [0.29, 0.717) is 0 Å². The third-order valence-corrected chi connectivity index (χ3v) is 1.06. The van der Waals surface area contributed by atoms with Gasteiger partial charge in [0, 0.05) is 0 Å². The second-order valence-corrected chi connectivity index (χ2v) is 2.08. The van der Waals surface area contributed by atoms with Crippen LogP contribution in [-0.2, 0) is 0 Å². The van der Waals surface area contributed by atoms with Crippen molar-refractivity contribution in [2.45, 2.75) is 25.1 Å². The average molecular weight is 163 g/mol. The number of hydrogen-bond donors (Lipinski definition) is 1. The second kappa shape index (κ2) is 2.34. The predicted octanol–water partition coefficient (Wildman–Crippen LogP) is 1.53. The molecular weight excluding hydrogens is 157 g/mol. The Bertz CT molecular complexity index is 115. The summed E-state index contributed by atoms with van der Waals surface area (Å²) in [6.07, 6.45) is -8.64. The normalized spacial score (nSPS) is 19.2. The Morgan fingerprint density at radius 3 is 1.50 bits per heavy atom. The quantitative estimate of drug-likeness (QED) is 0.583. The molecule has 0 aliphatic rings. The molecule has 0 saturated heterocycles. The van der Waals surface area contributed by atoms with Crippen LogP contribution in [0, 0.1) is 0 Å². The van der Waals surface area contributed by atoms with Gasteiger partial charge in [-0.15, -0.1) is 0 Å². The molecule has 62 valence electrons. The van der Waals surface area contributed by atoms with Gasteiger partial charge in [0.25, 0.3) is 6.43 Å². The molecule has 0 spiro atoms. The molecule has 0 saturated carbocycles. The monoisotopic (exact) mass is 163 g/mol. The molecule has 0 amide bonds. The summed E-state index contributed by atoms with van der Waals surface area (Å²) in [5.74, 6) is 0. The summed E-state index contributed by atoms with van der Waals surface area (Å²) in [6, 6.07) is 0. The summed E-state index contributed by atoms with van der Waals surface area (Å²) in [5, 5.41) is 0. The van der Waals surface area contributed by atoms with Gasteiger partial charge in [-0.2, -0.15) is 13.2 Å². The van der Waals surface area contributed by atoms with Crippen LogP contribution in [0.2, 0.25) is 0 Å². The number of rotatable bonds is 1. The van der Waals surface area contributed by atoms with Crippen LogP contribution in [0.1, 0.15) is 6.92 Å². The minimum absolute atomic E-state index is 0.248. The van der Waals surface area contributed by atoms with Crippen LogP contribution < -0.4 is 5.73 Å². The number of nitrogens with two attached hydrogens (primary N) is 1. The van der Waals surface area contributed by atoms with Crippen molar-refractivity contribution in [3.8, 4) is 0 Å². The van der Waals surface area contributed by atoms with Crippen molar-refractivity contribution in [2.24, 2.45) is 5.73 Å². The highest BCUT2D eigenvalue weighted by Gasteiger charge is 2.54. The SMILES string of the molecule is CC(N)(C(F)F)C(F)(F)F. The van der Waals surface area contributed by atoms with E-state index in [-0.39, 0.29) is 6.92 Å². The van der Waals surface area contributed by atoms with Crippen molar-refractivity contribution in [1.29, 1.82) is 0 Å². The highest BCUT2D eigenvalue weighted by molar-refractivity contribution is 4.89. The molecular formula is C4H6F5N. The van der Waals surface area contributed by atoms with Gasteiger partial charge in [-0.3, -0.25) is 0 Å². The summed E-state index contributed by atoms with van der Waals surface area (Å²) in [4.78, 5) is 0. The van der Waals surface area contributed by atoms with Crippen molar-refractivity contribution < 1.29 is 22.0 Å². The first-order chi connectivity index (χ1) is 4.19. The van der Waals surface area contributed by atoms with Crippen LogP contribution in [0.3, 0.4) is 0 Å². The fourth-order valence-electron chi connectivity index (χ4n) is 0.124. The zero-order valence-electron chi connectivity index (χ0n) is 5.04. The molecule has 10 heavy (non-hydrogen) atoms. The zero-order chi connectivity index (χ0) is 8.58. The van der Waals surface area contributed by atoms with Crippen LogP contribution in [0.4, 0.5) is 22.0 Å². The molecule has 0 aromatic heterocycles. The lowest BCUT2D eigenvalue weighted by Crippen LogP contribution is -2.56. The first-order valence-corrected chi connectivity index (χ1v) is 2.33. The van der Waals surface area contributed by atoms with Gasteiger partial charge in [-0.1, -0.05) is 0 Å². The zero-order valence-corrected chi connectivity index (χ0v) is 5.04. The van der Waals surface area contributed by atoms with Crippen molar-refractivity contribution in [1.82, 2.24) is 0 Å². The van der Waals surface area contributed by atoms with Gasteiger partial charge < -0.3 is 5.73 Å². The highest BCUT2D eigenvalue weighted by Crippen LogP contribution is 2.32. The molecule has 6 heteroatoms. The predicted molar refractivity (Wildman–Crippen MR) is 24.7 cm³/mol. The lowest BCUT2D eigenvalue weighted by atomic mass is 10.1. The fraction of sp³-hybridized carbons (Fsp3) is 1.00. The average Bonchev–Trinajstić information content (AvgIpc) is 1.62. The lowest BCUT2D eigenvalue weighted by molar-refractivity contribution is -0.213. The van der Waals surface area contributed by atoms with Gasteiger partial charge in [0.15, 0.2) is 5.54 Å². The van der Waals surface area contributed by atoms with Crippen LogP contribution >= 0.6 is 0 Å².